The largest absolute Gasteiger partial charge is 0.507 e. The number of allylic oxidation sites excluding steroid dienone is 1. The number of nitrogen functional groups attached to an aromatic ring is 1. The molecule has 0 aromatic heterocycles. The van der Waals surface area contributed by atoms with Gasteiger partial charge in [0.05, 0.1) is 16.8 Å². The zero-order chi connectivity index (χ0) is 16.6. The Morgan fingerprint density at radius 3 is 2.35 bits per heavy atom. The average molecular weight is 309 g/mol. The number of anilines is 1. The Hall–Kier alpha value is -3.08. The number of hydrogen-bond acceptors (Lipinski definition) is 5. The van der Waals surface area contributed by atoms with E-state index in [9.17, 15) is 14.7 Å². The Kier molecular flexibility index (Phi) is 3.62. The molecule has 3 N–H and O–H groups in total. The number of nitrogens with two attached hydrogens (primary N) is 1. The maximum atomic E-state index is 12.7. The van der Waals surface area contributed by atoms with Gasteiger partial charge in [-0.15, -0.1) is 0 Å². The molecule has 0 heterocycles. The minimum absolute atomic E-state index is 0.00387. The van der Waals surface area contributed by atoms with Crippen LogP contribution in [-0.4, -0.2) is 23.3 Å². The fourth-order valence-electron chi connectivity index (χ4n) is 2.63. The van der Waals surface area contributed by atoms with E-state index in [1.807, 2.05) is 6.92 Å². The predicted octanol–water partition coefficient (Wildman–Crippen LogP) is 2.70. The number of ether oxygens (including phenoxy) is 1. The zero-order valence-electron chi connectivity index (χ0n) is 12.5. The Morgan fingerprint density at radius 1 is 1.13 bits per heavy atom. The van der Waals surface area contributed by atoms with E-state index in [1.54, 1.807) is 36.4 Å². The molecule has 23 heavy (non-hydrogen) atoms. The summed E-state index contributed by atoms with van der Waals surface area (Å²) in [6, 6.07) is 7.76. The number of benzene rings is 2. The van der Waals surface area contributed by atoms with Gasteiger partial charge in [-0.05, 0) is 6.92 Å². The molecule has 1 aliphatic rings. The lowest BCUT2D eigenvalue weighted by atomic mass is 9.82. The van der Waals surface area contributed by atoms with Crippen LogP contribution in [0.2, 0.25) is 0 Å². The number of phenolic OH excluding ortho intramolecular Hbond substituents is 1. The molecule has 3 rings (SSSR count). The lowest BCUT2D eigenvalue weighted by Crippen LogP contribution is -2.23. The molecule has 0 saturated carbocycles. The van der Waals surface area contributed by atoms with Gasteiger partial charge in [0, 0.05) is 17.2 Å². The van der Waals surface area contributed by atoms with E-state index in [0.717, 1.165) is 0 Å². The molecule has 0 unspecified atom stereocenters. The van der Waals surface area contributed by atoms with Gasteiger partial charge in [-0.2, -0.15) is 0 Å². The quantitative estimate of drug-likeness (QED) is 0.441. The zero-order valence-corrected chi connectivity index (χ0v) is 12.5. The van der Waals surface area contributed by atoms with Gasteiger partial charge in [-0.1, -0.05) is 36.4 Å². The van der Waals surface area contributed by atoms with Crippen molar-refractivity contribution in [2.45, 2.75) is 6.92 Å². The first-order chi connectivity index (χ1) is 11.1. The molecule has 2 aromatic carbocycles. The first-order valence-electron chi connectivity index (χ1n) is 7.14. The van der Waals surface area contributed by atoms with Crippen molar-refractivity contribution in [3.05, 3.63) is 64.7 Å². The normalized spacial score (nSPS) is 13.1. The number of rotatable bonds is 3. The van der Waals surface area contributed by atoms with Gasteiger partial charge in [-0.3, -0.25) is 9.59 Å². The lowest BCUT2D eigenvalue weighted by Gasteiger charge is -2.21. The van der Waals surface area contributed by atoms with Crippen LogP contribution in [0.15, 0.2) is 42.5 Å². The van der Waals surface area contributed by atoms with Crippen molar-refractivity contribution in [2.24, 2.45) is 0 Å². The van der Waals surface area contributed by atoms with Crippen LogP contribution in [0, 0.1) is 0 Å². The lowest BCUT2D eigenvalue weighted by molar-refractivity contribution is 0.0977. The van der Waals surface area contributed by atoms with Crippen molar-refractivity contribution in [3.8, 4) is 11.5 Å². The van der Waals surface area contributed by atoms with Gasteiger partial charge in [0.2, 0.25) is 0 Å². The van der Waals surface area contributed by atoms with Crippen LogP contribution in [-0.2, 0) is 0 Å². The van der Waals surface area contributed by atoms with Gasteiger partial charge >= 0.3 is 0 Å². The standard InChI is InChI=1S/C18H15NO4/c1-2-3-8-23-13-9-12(20)14-15(16(13)19)18(22)11-7-5-4-6-10(11)17(14)21/h2-7,9,20H,8,19H2,1H3. The molecule has 0 saturated heterocycles. The minimum Gasteiger partial charge on any atom is -0.507 e. The summed E-state index contributed by atoms with van der Waals surface area (Å²) < 4.78 is 5.46. The number of fused-ring (bicyclic) bond motifs is 2. The molecule has 2 aromatic rings. The number of aromatic hydroxyl groups is 1. The number of hydrogen-bond donors (Lipinski definition) is 2. The number of phenols is 1. The molecule has 0 bridgehead atoms. The third-order valence-corrected chi connectivity index (χ3v) is 3.75. The molecule has 0 fully saturated rings. The van der Waals surface area contributed by atoms with Crippen LogP contribution in [0.4, 0.5) is 5.69 Å². The third kappa shape index (κ3) is 2.26. The summed E-state index contributed by atoms with van der Waals surface area (Å²) in [7, 11) is 0. The van der Waals surface area contributed by atoms with E-state index in [4.69, 9.17) is 10.5 Å². The van der Waals surface area contributed by atoms with Gasteiger partial charge in [0.15, 0.2) is 11.6 Å². The van der Waals surface area contributed by atoms with E-state index >= 15 is 0 Å². The van der Waals surface area contributed by atoms with Gasteiger partial charge in [-0.25, -0.2) is 0 Å². The first-order valence-corrected chi connectivity index (χ1v) is 7.14. The van der Waals surface area contributed by atoms with Crippen LogP contribution in [0.5, 0.6) is 11.5 Å². The maximum Gasteiger partial charge on any atom is 0.198 e. The van der Waals surface area contributed by atoms with Crippen LogP contribution >= 0.6 is 0 Å². The van der Waals surface area contributed by atoms with Crippen molar-refractivity contribution in [1.82, 2.24) is 0 Å². The predicted molar refractivity (Wildman–Crippen MR) is 86.1 cm³/mol. The van der Waals surface area contributed by atoms with E-state index < -0.39 is 5.78 Å². The van der Waals surface area contributed by atoms with E-state index in [0.29, 0.717) is 0 Å². The molecule has 5 heteroatoms. The van der Waals surface area contributed by atoms with Gasteiger partial charge < -0.3 is 15.6 Å². The Bertz CT molecular complexity index is 852. The summed E-state index contributed by atoms with van der Waals surface area (Å²) in [4.78, 5) is 25.3. The number of carbonyl (C=O) groups excluding carboxylic acids is 2. The van der Waals surface area contributed by atoms with Crippen LogP contribution < -0.4 is 10.5 Å². The summed E-state index contributed by atoms with van der Waals surface area (Å²) in [5, 5.41) is 10.2. The van der Waals surface area contributed by atoms with Crippen molar-refractivity contribution in [1.29, 1.82) is 0 Å². The molecule has 1 aliphatic carbocycles. The van der Waals surface area contributed by atoms with Crippen molar-refractivity contribution in [2.75, 3.05) is 12.3 Å². The van der Waals surface area contributed by atoms with Crippen LogP contribution in [0.3, 0.4) is 0 Å². The van der Waals surface area contributed by atoms with E-state index in [1.165, 1.54) is 6.07 Å². The van der Waals surface area contributed by atoms with Gasteiger partial charge in [0.25, 0.3) is 0 Å². The fraction of sp³-hybridized carbons (Fsp3) is 0.111. The Labute approximate surface area is 133 Å². The second-order valence-electron chi connectivity index (χ2n) is 5.14. The van der Waals surface area contributed by atoms with Crippen molar-refractivity contribution in [3.63, 3.8) is 0 Å². The number of ketones is 2. The smallest absolute Gasteiger partial charge is 0.198 e. The molecule has 0 aliphatic heterocycles. The topological polar surface area (TPSA) is 89.6 Å². The molecule has 0 amide bonds. The molecule has 5 nitrogen and oxygen atoms in total. The third-order valence-electron chi connectivity index (χ3n) is 3.75. The number of carbonyl (C=O) groups is 2. The van der Waals surface area contributed by atoms with E-state index in [2.05, 4.69) is 0 Å². The monoisotopic (exact) mass is 309 g/mol. The highest BCUT2D eigenvalue weighted by atomic mass is 16.5. The molecule has 0 atom stereocenters. The highest BCUT2D eigenvalue weighted by Crippen LogP contribution is 2.41. The van der Waals surface area contributed by atoms with Crippen molar-refractivity contribution >= 4 is 17.3 Å². The highest BCUT2D eigenvalue weighted by Gasteiger charge is 2.34. The minimum atomic E-state index is -0.417. The van der Waals surface area contributed by atoms with Crippen LogP contribution in [0.1, 0.15) is 38.8 Å². The second-order valence-corrected chi connectivity index (χ2v) is 5.14. The molecular formula is C18H15NO4. The summed E-state index contributed by atoms with van der Waals surface area (Å²) in [6.07, 6.45) is 3.57. The van der Waals surface area contributed by atoms with Crippen molar-refractivity contribution < 1.29 is 19.4 Å². The first kappa shape index (κ1) is 14.8. The summed E-state index contributed by atoms with van der Waals surface area (Å²) >= 11 is 0. The maximum absolute atomic E-state index is 12.7. The average Bonchev–Trinajstić information content (AvgIpc) is 2.55. The Morgan fingerprint density at radius 2 is 1.74 bits per heavy atom. The van der Waals surface area contributed by atoms with E-state index in [-0.39, 0.29) is 51.8 Å². The molecule has 0 radical (unpaired) electrons. The SMILES string of the molecule is CC=CCOc1cc(O)c2c(c1N)C(=O)c1ccccc1C2=O. The molecular weight excluding hydrogens is 294 g/mol. The fourth-order valence-corrected chi connectivity index (χ4v) is 2.63. The van der Waals surface area contributed by atoms with Crippen LogP contribution in [0.25, 0.3) is 0 Å². The second kappa shape index (κ2) is 5.61. The summed E-state index contributed by atoms with van der Waals surface area (Å²) in [5.41, 5.74) is 6.58. The highest BCUT2D eigenvalue weighted by molar-refractivity contribution is 6.31. The summed E-state index contributed by atoms with van der Waals surface area (Å²) in [6.45, 7) is 2.09. The molecule has 116 valence electrons. The molecule has 0 spiro atoms. The Balaban J connectivity index is 2.18. The van der Waals surface area contributed by atoms with Gasteiger partial charge in [0.1, 0.15) is 18.1 Å². The summed E-state index contributed by atoms with van der Waals surface area (Å²) in [5.74, 6) is -0.934.